The Labute approximate surface area is 130 Å². The molecule has 4 nitrogen and oxygen atoms in total. The van der Waals surface area contributed by atoms with Crippen LogP contribution in [0.2, 0.25) is 0 Å². The van der Waals surface area contributed by atoms with Gasteiger partial charge >= 0.3 is 5.97 Å². The van der Waals surface area contributed by atoms with Crippen molar-refractivity contribution >= 4 is 5.97 Å². The Hall–Kier alpha value is -2.17. The first kappa shape index (κ1) is 16.2. The number of rotatable bonds is 6. The maximum absolute atomic E-state index is 11.7. The lowest BCUT2D eigenvalue weighted by molar-refractivity contribution is 0.0526. The average Bonchev–Trinajstić information content (AvgIpc) is 2.56. The molecule has 4 heteroatoms. The van der Waals surface area contributed by atoms with Gasteiger partial charge in [-0.3, -0.25) is 0 Å². The van der Waals surface area contributed by atoms with E-state index >= 15 is 0 Å². The Kier molecular flexibility index (Phi) is 5.69. The molecule has 2 atom stereocenters. The van der Waals surface area contributed by atoms with Crippen molar-refractivity contribution in [3.05, 3.63) is 71.3 Å². The molecule has 2 N–H and O–H groups in total. The zero-order chi connectivity index (χ0) is 15.9. The molecule has 116 valence electrons. The molecule has 0 amide bonds. The molecule has 0 spiro atoms. The Bertz CT molecular complexity index is 592. The van der Waals surface area contributed by atoms with Gasteiger partial charge in [-0.2, -0.15) is 0 Å². The molecule has 0 unspecified atom stereocenters. The number of hydrogen-bond donors (Lipinski definition) is 2. The number of benzene rings is 2. The first-order chi connectivity index (χ1) is 10.7. The predicted molar refractivity (Wildman–Crippen MR) is 83.8 cm³/mol. The van der Waals surface area contributed by atoms with Crippen molar-refractivity contribution < 1.29 is 19.7 Å². The van der Waals surface area contributed by atoms with Crippen molar-refractivity contribution in [2.75, 3.05) is 13.2 Å². The molecule has 22 heavy (non-hydrogen) atoms. The summed E-state index contributed by atoms with van der Waals surface area (Å²) in [4.78, 5) is 11.7. The van der Waals surface area contributed by atoms with Crippen LogP contribution < -0.4 is 0 Å². The Balaban J connectivity index is 2.31. The lowest BCUT2D eigenvalue weighted by atomic mass is 9.86. The third-order valence-corrected chi connectivity index (χ3v) is 3.51. The third kappa shape index (κ3) is 3.72. The normalized spacial score (nSPS) is 13.4. The molecule has 0 aliphatic heterocycles. The number of ether oxygens (including phenoxy) is 1. The highest BCUT2D eigenvalue weighted by Crippen LogP contribution is 2.28. The highest BCUT2D eigenvalue weighted by atomic mass is 16.5. The number of esters is 1. The van der Waals surface area contributed by atoms with E-state index in [1.165, 1.54) is 0 Å². The summed E-state index contributed by atoms with van der Waals surface area (Å²) in [7, 11) is 0. The fraction of sp³-hybridized carbons (Fsp3) is 0.278. The molecule has 0 aromatic heterocycles. The van der Waals surface area contributed by atoms with Gasteiger partial charge in [0.15, 0.2) is 0 Å². The van der Waals surface area contributed by atoms with Crippen LogP contribution in [0, 0.1) is 0 Å². The standard InChI is InChI=1S/C18H20O4/c1-2-22-18(21)15-10-8-14(9-11-15)17(16(20)12-19)13-6-4-3-5-7-13/h3-11,16-17,19-20H,2,12H2,1H3/t16-,17-/m1/s1. The number of hydrogen-bond acceptors (Lipinski definition) is 4. The van der Waals surface area contributed by atoms with Gasteiger partial charge < -0.3 is 14.9 Å². The highest BCUT2D eigenvalue weighted by molar-refractivity contribution is 5.89. The maximum atomic E-state index is 11.7. The van der Waals surface area contributed by atoms with Gasteiger partial charge in [-0.15, -0.1) is 0 Å². The van der Waals surface area contributed by atoms with E-state index in [0.29, 0.717) is 12.2 Å². The quantitative estimate of drug-likeness (QED) is 0.804. The van der Waals surface area contributed by atoms with Crippen LogP contribution in [0.1, 0.15) is 34.3 Å². The van der Waals surface area contributed by atoms with Gasteiger partial charge in [0.05, 0.1) is 24.9 Å². The van der Waals surface area contributed by atoms with Crippen molar-refractivity contribution in [1.82, 2.24) is 0 Å². The molecular formula is C18H20O4. The minimum absolute atomic E-state index is 0.330. The molecule has 0 fully saturated rings. The smallest absolute Gasteiger partial charge is 0.338 e. The van der Waals surface area contributed by atoms with Gasteiger partial charge in [0.1, 0.15) is 0 Å². The van der Waals surface area contributed by atoms with E-state index in [4.69, 9.17) is 4.74 Å². The SMILES string of the molecule is CCOC(=O)c1ccc([C@@H](c2ccccc2)[C@H](O)CO)cc1. The molecule has 0 heterocycles. The molecular weight excluding hydrogens is 280 g/mol. The molecule has 0 saturated heterocycles. The summed E-state index contributed by atoms with van der Waals surface area (Å²) in [6, 6.07) is 16.4. The first-order valence-electron chi connectivity index (χ1n) is 7.28. The Morgan fingerprint density at radius 2 is 1.64 bits per heavy atom. The second kappa shape index (κ2) is 7.73. The van der Waals surface area contributed by atoms with Crippen LogP contribution in [0.15, 0.2) is 54.6 Å². The number of carbonyl (C=O) groups excluding carboxylic acids is 1. The summed E-state index contributed by atoms with van der Waals surface area (Å²) in [6.07, 6.45) is -0.907. The summed E-state index contributed by atoms with van der Waals surface area (Å²) >= 11 is 0. The Morgan fingerprint density at radius 3 is 2.18 bits per heavy atom. The van der Waals surface area contributed by atoms with Crippen LogP contribution in [-0.2, 0) is 4.74 Å². The molecule has 2 rings (SSSR count). The summed E-state index contributed by atoms with van der Waals surface area (Å²) in [5, 5.41) is 19.5. The van der Waals surface area contributed by atoms with E-state index in [-0.39, 0.29) is 18.5 Å². The second-order valence-electron chi connectivity index (χ2n) is 4.98. The van der Waals surface area contributed by atoms with Crippen LogP contribution in [0.5, 0.6) is 0 Å². The van der Waals surface area contributed by atoms with Crippen LogP contribution in [0.3, 0.4) is 0 Å². The number of aliphatic hydroxyl groups excluding tert-OH is 2. The van der Waals surface area contributed by atoms with Crippen LogP contribution in [0.4, 0.5) is 0 Å². The largest absolute Gasteiger partial charge is 0.462 e. The van der Waals surface area contributed by atoms with Crippen LogP contribution in [-0.4, -0.2) is 35.5 Å². The van der Waals surface area contributed by atoms with Crippen molar-refractivity contribution in [3.63, 3.8) is 0 Å². The van der Waals surface area contributed by atoms with Crippen molar-refractivity contribution in [1.29, 1.82) is 0 Å². The number of carbonyl (C=O) groups is 1. The van der Waals surface area contributed by atoms with Crippen molar-refractivity contribution in [2.45, 2.75) is 18.9 Å². The average molecular weight is 300 g/mol. The Morgan fingerprint density at radius 1 is 1.05 bits per heavy atom. The lowest BCUT2D eigenvalue weighted by Gasteiger charge is -2.22. The maximum Gasteiger partial charge on any atom is 0.338 e. The van der Waals surface area contributed by atoms with Crippen LogP contribution >= 0.6 is 0 Å². The first-order valence-corrected chi connectivity index (χ1v) is 7.28. The molecule has 2 aromatic rings. The molecule has 0 radical (unpaired) electrons. The summed E-state index contributed by atoms with van der Waals surface area (Å²) in [6.45, 7) is 1.75. The molecule has 0 saturated carbocycles. The predicted octanol–water partition coefficient (Wildman–Crippen LogP) is 2.35. The van der Waals surface area contributed by atoms with E-state index in [2.05, 4.69) is 0 Å². The minimum Gasteiger partial charge on any atom is -0.462 e. The zero-order valence-corrected chi connectivity index (χ0v) is 12.5. The zero-order valence-electron chi connectivity index (χ0n) is 12.5. The van der Waals surface area contributed by atoms with Gasteiger partial charge in [-0.25, -0.2) is 4.79 Å². The van der Waals surface area contributed by atoms with E-state index in [0.717, 1.165) is 11.1 Å². The molecule has 2 aromatic carbocycles. The lowest BCUT2D eigenvalue weighted by Crippen LogP contribution is -2.23. The molecule has 0 bridgehead atoms. The van der Waals surface area contributed by atoms with Gasteiger partial charge in [-0.1, -0.05) is 42.5 Å². The van der Waals surface area contributed by atoms with Gasteiger partial charge in [0.25, 0.3) is 0 Å². The van der Waals surface area contributed by atoms with E-state index in [1.807, 2.05) is 30.3 Å². The number of aliphatic hydroxyl groups is 2. The highest BCUT2D eigenvalue weighted by Gasteiger charge is 2.22. The van der Waals surface area contributed by atoms with Gasteiger partial charge in [0.2, 0.25) is 0 Å². The molecule has 0 aliphatic rings. The van der Waals surface area contributed by atoms with Crippen LogP contribution in [0.25, 0.3) is 0 Å². The molecule has 0 aliphatic carbocycles. The van der Waals surface area contributed by atoms with E-state index < -0.39 is 6.10 Å². The summed E-state index contributed by atoms with van der Waals surface area (Å²) < 4.78 is 4.95. The fourth-order valence-electron chi connectivity index (χ4n) is 2.44. The van der Waals surface area contributed by atoms with Gasteiger partial charge in [0, 0.05) is 5.92 Å². The third-order valence-electron chi connectivity index (χ3n) is 3.51. The van der Waals surface area contributed by atoms with Crippen molar-refractivity contribution in [2.24, 2.45) is 0 Å². The second-order valence-corrected chi connectivity index (χ2v) is 4.98. The summed E-state index contributed by atoms with van der Waals surface area (Å²) in [5.74, 6) is -0.713. The minimum atomic E-state index is -0.907. The monoisotopic (exact) mass is 300 g/mol. The van der Waals surface area contributed by atoms with E-state index in [1.54, 1.807) is 31.2 Å². The summed E-state index contributed by atoms with van der Waals surface area (Å²) in [5.41, 5.74) is 2.21. The topological polar surface area (TPSA) is 66.8 Å². The fourth-order valence-corrected chi connectivity index (χ4v) is 2.44. The van der Waals surface area contributed by atoms with Crippen molar-refractivity contribution in [3.8, 4) is 0 Å². The van der Waals surface area contributed by atoms with Gasteiger partial charge in [-0.05, 0) is 30.2 Å². The van der Waals surface area contributed by atoms with E-state index in [9.17, 15) is 15.0 Å².